The highest BCUT2D eigenvalue weighted by molar-refractivity contribution is 5.86. The Morgan fingerprint density at radius 3 is 2.20 bits per heavy atom. The smallest absolute Gasteiger partial charge is 0.407 e. The van der Waals surface area contributed by atoms with Crippen LogP contribution in [0.25, 0.3) is 11.1 Å². The number of carboxylic acid groups (broad SMARTS) is 1. The molecule has 7 heteroatoms. The van der Waals surface area contributed by atoms with Crippen LogP contribution in [0, 0.1) is 11.8 Å². The van der Waals surface area contributed by atoms with E-state index in [2.05, 4.69) is 29.6 Å². The second-order valence-corrected chi connectivity index (χ2v) is 10.0. The summed E-state index contributed by atoms with van der Waals surface area (Å²) in [6.45, 7) is 5.46. The molecule has 1 fully saturated rings. The molecule has 1 aliphatic heterocycles. The molecule has 0 bridgehead atoms. The summed E-state index contributed by atoms with van der Waals surface area (Å²) in [5.41, 5.74) is 4.62. The quantitative estimate of drug-likeness (QED) is 0.518. The summed E-state index contributed by atoms with van der Waals surface area (Å²) >= 11 is 0. The van der Waals surface area contributed by atoms with Gasteiger partial charge in [-0.2, -0.15) is 0 Å². The Hall–Kier alpha value is -3.35. The van der Waals surface area contributed by atoms with Gasteiger partial charge < -0.3 is 20.1 Å². The van der Waals surface area contributed by atoms with Crippen molar-refractivity contribution in [3.63, 3.8) is 0 Å². The molecular weight excluding hydrogens is 444 g/mol. The van der Waals surface area contributed by atoms with E-state index >= 15 is 0 Å². The first-order valence-corrected chi connectivity index (χ1v) is 12.5. The Kier molecular flexibility index (Phi) is 7.73. The Bertz CT molecular complexity index is 1030. The molecule has 7 nitrogen and oxygen atoms in total. The fourth-order valence-electron chi connectivity index (χ4n) is 5.17. The first kappa shape index (κ1) is 24.8. The third-order valence-electron chi connectivity index (χ3n) is 6.91. The number of amides is 2. The van der Waals surface area contributed by atoms with Crippen LogP contribution in [0.2, 0.25) is 0 Å². The lowest BCUT2D eigenvalue weighted by Crippen LogP contribution is -2.57. The maximum Gasteiger partial charge on any atom is 0.407 e. The summed E-state index contributed by atoms with van der Waals surface area (Å²) in [5, 5.41) is 11.6. The van der Waals surface area contributed by atoms with Gasteiger partial charge in [0.15, 0.2) is 0 Å². The molecule has 1 unspecified atom stereocenters. The summed E-state index contributed by atoms with van der Waals surface area (Å²) in [5.74, 6) is -0.365. The van der Waals surface area contributed by atoms with Gasteiger partial charge in [0.05, 0.1) is 0 Å². The molecule has 2 N–H and O–H groups in total. The SMILES string of the molecule is CC(C)CC(NC(=O)OCC1c2ccccc2-c2ccccc21)C(=O)N1CC(CCCC(=O)O)C1. The van der Waals surface area contributed by atoms with Gasteiger partial charge in [0.1, 0.15) is 12.6 Å². The van der Waals surface area contributed by atoms with E-state index in [1.54, 1.807) is 4.90 Å². The van der Waals surface area contributed by atoms with Crippen molar-refractivity contribution in [3.8, 4) is 11.1 Å². The minimum atomic E-state index is -0.790. The zero-order valence-electron chi connectivity index (χ0n) is 20.4. The number of hydrogen-bond acceptors (Lipinski definition) is 4. The van der Waals surface area contributed by atoms with Crippen molar-refractivity contribution in [3.05, 3.63) is 59.7 Å². The predicted octanol–water partition coefficient (Wildman–Crippen LogP) is 4.65. The molecule has 2 amide bonds. The zero-order chi connectivity index (χ0) is 24.9. The highest BCUT2D eigenvalue weighted by atomic mass is 16.5. The monoisotopic (exact) mass is 478 g/mol. The van der Waals surface area contributed by atoms with Crippen molar-refractivity contribution in [2.45, 2.75) is 51.5 Å². The number of rotatable bonds is 10. The van der Waals surface area contributed by atoms with Crippen LogP contribution >= 0.6 is 0 Å². The Labute approximate surface area is 206 Å². The summed E-state index contributed by atoms with van der Waals surface area (Å²) < 4.78 is 5.65. The largest absolute Gasteiger partial charge is 0.481 e. The number of benzene rings is 2. The lowest BCUT2D eigenvalue weighted by Gasteiger charge is -2.41. The van der Waals surface area contributed by atoms with Gasteiger partial charge in [-0.3, -0.25) is 9.59 Å². The van der Waals surface area contributed by atoms with Crippen molar-refractivity contribution in [2.75, 3.05) is 19.7 Å². The lowest BCUT2D eigenvalue weighted by molar-refractivity contribution is -0.141. The summed E-state index contributed by atoms with van der Waals surface area (Å²) in [6.07, 6.45) is 1.53. The third kappa shape index (κ3) is 5.84. The van der Waals surface area contributed by atoms with Crippen LogP contribution in [0.3, 0.4) is 0 Å². The number of likely N-dealkylation sites (tertiary alicyclic amines) is 1. The minimum absolute atomic E-state index is 0.0330. The van der Waals surface area contributed by atoms with Gasteiger partial charge >= 0.3 is 12.1 Å². The number of hydrogen-bond donors (Lipinski definition) is 2. The van der Waals surface area contributed by atoms with Gasteiger partial charge in [0.2, 0.25) is 5.91 Å². The average molecular weight is 479 g/mol. The maximum atomic E-state index is 13.1. The summed E-state index contributed by atoms with van der Waals surface area (Å²) in [6, 6.07) is 15.7. The molecule has 0 spiro atoms. The first-order valence-electron chi connectivity index (χ1n) is 12.5. The summed E-state index contributed by atoms with van der Waals surface area (Å²) in [4.78, 5) is 38.3. The number of carbonyl (C=O) groups is 3. The number of nitrogens with one attached hydrogen (secondary N) is 1. The minimum Gasteiger partial charge on any atom is -0.481 e. The second-order valence-electron chi connectivity index (χ2n) is 10.0. The van der Waals surface area contributed by atoms with Crippen molar-refractivity contribution >= 4 is 18.0 Å². The van der Waals surface area contributed by atoms with E-state index in [9.17, 15) is 14.4 Å². The molecule has 4 rings (SSSR count). The van der Waals surface area contributed by atoms with Crippen LogP contribution in [0.4, 0.5) is 4.79 Å². The van der Waals surface area contributed by atoms with E-state index in [4.69, 9.17) is 9.84 Å². The van der Waals surface area contributed by atoms with E-state index in [1.807, 2.05) is 38.1 Å². The van der Waals surface area contributed by atoms with Crippen LogP contribution in [0.1, 0.15) is 56.6 Å². The highest BCUT2D eigenvalue weighted by Crippen LogP contribution is 2.44. The molecule has 1 heterocycles. The summed E-state index contributed by atoms with van der Waals surface area (Å²) in [7, 11) is 0. The van der Waals surface area contributed by atoms with E-state index in [1.165, 1.54) is 11.1 Å². The van der Waals surface area contributed by atoms with Gasteiger partial charge in [-0.25, -0.2) is 4.79 Å². The van der Waals surface area contributed by atoms with Gasteiger partial charge in [0.25, 0.3) is 0 Å². The molecule has 0 saturated carbocycles. The molecule has 186 valence electrons. The second kappa shape index (κ2) is 10.9. The highest BCUT2D eigenvalue weighted by Gasteiger charge is 2.36. The molecule has 35 heavy (non-hydrogen) atoms. The van der Waals surface area contributed by atoms with Gasteiger partial charge in [-0.05, 0) is 53.4 Å². The number of aliphatic carboxylic acids is 1. The average Bonchev–Trinajstić information content (AvgIpc) is 3.11. The van der Waals surface area contributed by atoms with Gasteiger partial charge in [-0.15, -0.1) is 0 Å². The van der Waals surface area contributed by atoms with E-state index < -0.39 is 18.1 Å². The van der Waals surface area contributed by atoms with Crippen LogP contribution in [-0.4, -0.2) is 53.7 Å². The number of carboxylic acids is 1. The molecule has 1 aliphatic carbocycles. The molecule has 2 aromatic rings. The van der Waals surface area contributed by atoms with Crippen molar-refractivity contribution in [1.29, 1.82) is 0 Å². The van der Waals surface area contributed by atoms with Gasteiger partial charge in [0, 0.05) is 25.4 Å². The van der Waals surface area contributed by atoms with E-state index in [0.29, 0.717) is 31.8 Å². The first-order chi connectivity index (χ1) is 16.8. The fraction of sp³-hybridized carbons (Fsp3) is 0.464. The lowest BCUT2D eigenvalue weighted by atomic mass is 9.92. The normalized spacial score (nSPS) is 15.8. The number of alkyl carbamates (subject to hydrolysis) is 1. The van der Waals surface area contributed by atoms with Crippen molar-refractivity contribution in [2.24, 2.45) is 11.8 Å². The Balaban J connectivity index is 1.32. The van der Waals surface area contributed by atoms with Crippen LogP contribution in [0.15, 0.2) is 48.5 Å². The van der Waals surface area contributed by atoms with Crippen LogP contribution < -0.4 is 5.32 Å². The number of carbonyl (C=O) groups excluding carboxylic acids is 2. The Morgan fingerprint density at radius 1 is 1.03 bits per heavy atom. The topological polar surface area (TPSA) is 95.9 Å². The van der Waals surface area contributed by atoms with E-state index in [0.717, 1.165) is 17.5 Å². The molecule has 2 aromatic carbocycles. The molecule has 0 radical (unpaired) electrons. The maximum absolute atomic E-state index is 13.1. The molecule has 0 aromatic heterocycles. The Morgan fingerprint density at radius 2 is 1.63 bits per heavy atom. The number of nitrogens with zero attached hydrogens (tertiary/aromatic N) is 1. The third-order valence-corrected chi connectivity index (χ3v) is 6.91. The molecule has 1 atom stereocenters. The molecule has 2 aliphatic rings. The van der Waals surface area contributed by atoms with Crippen molar-refractivity contribution < 1.29 is 24.2 Å². The predicted molar refractivity (Wildman–Crippen MR) is 133 cm³/mol. The van der Waals surface area contributed by atoms with E-state index in [-0.39, 0.29) is 30.8 Å². The zero-order valence-corrected chi connectivity index (χ0v) is 20.4. The van der Waals surface area contributed by atoms with Crippen molar-refractivity contribution in [1.82, 2.24) is 10.2 Å². The molecular formula is C28H34N2O5. The number of fused-ring (bicyclic) bond motifs is 3. The standard InChI is InChI=1S/C28H34N2O5/c1-18(2)14-25(27(33)30-15-19(16-30)8-7-13-26(31)32)29-28(34)35-17-24-22-11-5-3-9-20(22)21-10-4-6-12-23(21)24/h3-6,9-12,18-19,24-25H,7-8,13-17H2,1-2H3,(H,29,34)(H,31,32). The fourth-order valence-corrected chi connectivity index (χ4v) is 5.17. The molecule has 1 saturated heterocycles. The van der Waals surface area contributed by atoms with Crippen LogP contribution in [-0.2, 0) is 14.3 Å². The number of ether oxygens (including phenoxy) is 1. The van der Waals surface area contributed by atoms with Gasteiger partial charge in [-0.1, -0.05) is 62.4 Å². The van der Waals surface area contributed by atoms with Crippen LogP contribution in [0.5, 0.6) is 0 Å².